The first-order chi connectivity index (χ1) is 14.6. The molecule has 0 fully saturated rings. The van der Waals surface area contributed by atoms with Gasteiger partial charge in [0.15, 0.2) is 0 Å². The third-order valence-electron chi connectivity index (χ3n) is 5.94. The van der Waals surface area contributed by atoms with Crippen molar-refractivity contribution in [3.8, 4) is 0 Å². The number of hydrogen-bond acceptors (Lipinski definition) is 4. The fourth-order valence-corrected chi connectivity index (χ4v) is 4.15. The number of carboxylic acids is 1. The van der Waals surface area contributed by atoms with Gasteiger partial charge in [-0.1, -0.05) is 76.9 Å². The molecule has 0 spiro atoms. The largest absolute Gasteiger partial charge is 0.544 e. The minimum absolute atomic E-state index is 0.0696. The van der Waals surface area contributed by atoms with Gasteiger partial charge in [-0.05, 0) is 32.1 Å². The molecule has 2 N–H and O–H groups in total. The van der Waals surface area contributed by atoms with Crippen molar-refractivity contribution < 1.29 is 14.4 Å². The lowest BCUT2D eigenvalue weighted by molar-refractivity contribution is -0.780. The molecule has 1 aliphatic rings. The Kier molecular flexibility index (Phi) is 15.3. The summed E-state index contributed by atoms with van der Waals surface area (Å²) in [5.74, 6) is -0.133. The van der Waals surface area contributed by atoms with E-state index in [1.165, 1.54) is 83.5 Å². The monoisotopic (exact) mass is 419 g/mol. The Bertz CT molecular complexity index is 543. The predicted molar refractivity (Wildman–Crippen MR) is 125 cm³/mol. The SMILES string of the molecule is CCCCCCC/C=C/CCCCCCCCCC1=NC=C[N+]1(CCN)CC(=O)[O-]. The summed E-state index contributed by atoms with van der Waals surface area (Å²) < 4.78 is 0.241. The van der Waals surface area contributed by atoms with E-state index >= 15 is 0 Å². The Hall–Kier alpha value is -1.46. The molecule has 1 heterocycles. The number of carboxylic acid groups (broad SMARTS) is 1. The number of nitrogens with zero attached hydrogens (tertiary/aromatic N) is 2. The first-order valence-corrected chi connectivity index (χ1v) is 12.3. The fourth-order valence-electron chi connectivity index (χ4n) is 4.15. The van der Waals surface area contributed by atoms with Crippen molar-refractivity contribution >= 4 is 11.8 Å². The van der Waals surface area contributed by atoms with Gasteiger partial charge in [-0.2, -0.15) is 0 Å². The number of unbranched alkanes of at least 4 members (excludes halogenated alkanes) is 12. The summed E-state index contributed by atoms with van der Waals surface area (Å²) in [5.41, 5.74) is 5.70. The number of rotatable bonds is 20. The lowest BCUT2D eigenvalue weighted by atomic mass is 10.1. The summed E-state index contributed by atoms with van der Waals surface area (Å²) in [5, 5.41) is 11.1. The van der Waals surface area contributed by atoms with Crippen molar-refractivity contribution in [3.05, 3.63) is 24.6 Å². The molecule has 172 valence electrons. The van der Waals surface area contributed by atoms with E-state index < -0.39 is 5.97 Å². The molecule has 0 saturated heterocycles. The Morgan fingerprint density at radius 3 is 2.10 bits per heavy atom. The lowest BCUT2D eigenvalue weighted by Crippen LogP contribution is -2.55. The van der Waals surface area contributed by atoms with Gasteiger partial charge < -0.3 is 15.6 Å². The summed E-state index contributed by atoms with van der Waals surface area (Å²) in [4.78, 5) is 15.6. The number of aliphatic carboxylic acids is 1. The average Bonchev–Trinajstić information content (AvgIpc) is 3.09. The number of nitrogens with two attached hydrogens (primary N) is 1. The predicted octanol–water partition coefficient (Wildman–Crippen LogP) is 4.82. The average molecular weight is 420 g/mol. The molecule has 5 heteroatoms. The van der Waals surface area contributed by atoms with Crippen LogP contribution in [-0.4, -0.2) is 35.9 Å². The molecule has 0 amide bonds. The van der Waals surface area contributed by atoms with Gasteiger partial charge in [0, 0.05) is 13.0 Å². The zero-order valence-corrected chi connectivity index (χ0v) is 19.3. The van der Waals surface area contributed by atoms with Crippen molar-refractivity contribution in [1.29, 1.82) is 0 Å². The lowest BCUT2D eigenvalue weighted by Gasteiger charge is -2.32. The van der Waals surface area contributed by atoms with Gasteiger partial charge in [0.1, 0.15) is 19.3 Å². The second-order valence-corrected chi connectivity index (χ2v) is 8.61. The van der Waals surface area contributed by atoms with E-state index in [4.69, 9.17) is 5.73 Å². The Labute approximate surface area is 184 Å². The van der Waals surface area contributed by atoms with Crippen LogP contribution in [0.15, 0.2) is 29.5 Å². The molecule has 0 aromatic carbocycles. The first-order valence-electron chi connectivity index (χ1n) is 12.3. The quantitative estimate of drug-likeness (QED) is 0.174. The first kappa shape index (κ1) is 26.6. The smallest absolute Gasteiger partial charge is 0.207 e. The van der Waals surface area contributed by atoms with Crippen molar-refractivity contribution in [2.75, 3.05) is 19.6 Å². The highest BCUT2D eigenvalue weighted by Gasteiger charge is 2.34. The van der Waals surface area contributed by atoms with Crippen LogP contribution in [0.4, 0.5) is 0 Å². The van der Waals surface area contributed by atoms with Gasteiger partial charge in [0.2, 0.25) is 5.84 Å². The summed E-state index contributed by atoms with van der Waals surface area (Å²) >= 11 is 0. The maximum absolute atomic E-state index is 11.1. The zero-order valence-electron chi connectivity index (χ0n) is 19.3. The van der Waals surface area contributed by atoms with Crippen molar-refractivity contribution in [3.63, 3.8) is 0 Å². The van der Waals surface area contributed by atoms with Gasteiger partial charge in [-0.15, -0.1) is 0 Å². The minimum Gasteiger partial charge on any atom is -0.544 e. The number of amidine groups is 1. The van der Waals surface area contributed by atoms with Crippen LogP contribution in [0, 0.1) is 0 Å². The third-order valence-corrected chi connectivity index (χ3v) is 5.94. The molecular formula is C25H45N3O2. The van der Waals surface area contributed by atoms with Gasteiger partial charge in [0.25, 0.3) is 0 Å². The topological polar surface area (TPSA) is 78.5 Å². The second kappa shape index (κ2) is 17.2. The van der Waals surface area contributed by atoms with Crippen LogP contribution in [0.3, 0.4) is 0 Å². The van der Waals surface area contributed by atoms with Crippen LogP contribution in [0.25, 0.3) is 0 Å². The van der Waals surface area contributed by atoms with Crippen LogP contribution in [0.1, 0.15) is 103 Å². The summed E-state index contributed by atoms with van der Waals surface area (Å²) in [6.07, 6.45) is 27.1. The van der Waals surface area contributed by atoms with E-state index in [1.54, 1.807) is 6.20 Å². The minimum atomic E-state index is -1.05. The molecule has 0 saturated carbocycles. The van der Waals surface area contributed by atoms with Crippen molar-refractivity contribution in [2.24, 2.45) is 10.7 Å². The van der Waals surface area contributed by atoms with E-state index in [0.717, 1.165) is 18.7 Å². The van der Waals surface area contributed by atoms with Crippen LogP contribution in [0.5, 0.6) is 0 Å². The molecule has 0 radical (unpaired) electrons. The molecule has 30 heavy (non-hydrogen) atoms. The fraction of sp³-hybridized carbons (Fsp3) is 0.760. The Morgan fingerprint density at radius 1 is 0.967 bits per heavy atom. The van der Waals surface area contributed by atoms with Gasteiger partial charge >= 0.3 is 0 Å². The van der Waals surface area contributed by atoms with E-state index in [-0.39, 0.29) is 11.0 Å². The third kappa shape index (κ3) is 11.7. The standard InChI is InChI=1S/C25H45N3O2/c1-2-3-4-5-6-7-8-9-10-11-12-13-14-15-16-17-18-24-27-20-22-28(24,21-19-26)23-25(29)30/h8-9,20,22H,2-7,10-19,21,23,26H2,1H3/b9-8+. The molecule has 1 rings (SSSR count). The molecule has 5 nitrogen and oxygen atoms in total. The molecular weight excluding hydrogens is 374 g/mol. The number of quaternary nitrogens is 1. The molecule has 0 bridgehead atoms. The van der Waals surface area contributed by atoms with Gasteiger partial charge in [-0.3, -0.25) is 0 Å². The summed E-state index contributed by atoms with van der Waals surface area (Å²) in [7, 11) is 0. The normalized spacial score (nSPS) is 18.4. The van der Waals surface area contributed by atoms with Crippen molar-refractivity contribution in [1.82, 2.24) is 0 Å². The maximum atomic E-state index is 11.1. The maximum Gasteiger partial charge on any atom is 0.207 e. The van der Waals surface area contributed by atoms with E-state index in [9.17, 15) is 9.90 Å². The Balaban J connectivity index is 2.00. The van der Waals surface area contributed by atoms with E-state index in [1.807, 2.05) is 6.20 Å². The molecule has 0 aliphatic carbocycles. The van der Waals surface area contributed by atoms with Gasteiger partial charge in [0.05, 0.1) is 12.2 Å². The zero-order chi connectivity index (χ0) is 21.9. The molecule has 0 aromatic rings. The summed E-state index contributed by atoms with van der Waals surface area (Å²) in [6.45, 7) is 3.19. The van der Waals surface area contributed by atoms with Gasteiger partial charge in [-0.25, -0.2) is 9.48 Å². The number of allylic oxidation sites excluding steroid dienone is 2. The summed E-state index contributed by atoms with van der Waals surface area (Å²) in [6, 6.07) is 0. The van der Waals surface area contributed by atoms with Crippen LogP contribution in [-0.2, 0) is 4.79 Å². The highest BCUT2D eigenvalue weighted by Crippen LogP contribution is 2.21. The number of carbonyl (C=O) groups excluding carboxylic acids is 1. The Morgan fingerprint density at radius 2 is 1.53 bits per heavy atom. The van der Waals surface area contributed by atoms with E-state index in [0.29, 0.717) is 13.1 Å². The molecule has 0 aromatic heterocycles. The van der Waals surface area contributed by atoms with E-state index in [2.05, 4.69) is 24.1 Å². The van der Waals surface area contributed by atoms with Crippen LogP contribution in [0.2, 0.25) is 0 Å². The van der Waals surface area contributed by atoms with Crippen LogP contribution < -0.4 is 10.8 Å². The highest BCUT2D eigenvalue weighted by molar-refractivity contribution is 5.80. The van der Waals surface area contributed by atoms with Crippen LogP contribution >= 0.6 is 0 Å². The highest BCUT2D eigenvalue weighted by atomic mass is 16.4. The molecule has 1 atom stereocenters. The molecule has 1 aliphatic heterocycles. The molecule has 1 unspecified atom stereocenters. The van der Waals surface area contributed by atoms with Crippen molar-refractivity contribution in [2.45, 2.75) is 103 Å². The number of aliphatic imine (C=N–C) groups is 1. The number of carbonyl (C=O) groups is 1. The second-order valence-electron chi connectivity index (χ2n) is 8.61. The number of hydrogen-bond donors (Lipinski definition) is 1.